The molecule has 3 rings (SSSR count). The van der Waals surface area contributed by atoms with E-state index in [9.17, 15) is 0 Å². The number of imidazole rings is 1. The topological polar surface area (TPSA) is 29.9 Å². The fourth-order valence-corrected chi connectivity index (χ4v) is 2.50. The molecule has 1 heterocycles. The lowest BCUT2D eigenvalue weighted by Crippen LogP contribution is -1.96. The van der Waals surface area contributed by atoms with Gasteiger partial charge < -0.3 is 9.72 Å². The van der Waals surface area contributed by atoms with Crippen LogP contribution < -0.4 is 4.74 Å². The van der Waals surface area contributed by atoms with Gasteiger partial charge >= 0.3 is 0 Å². The van der Waals surface area contributed by atoms with Crippen LogP contribution in [0.4, 0.5) is 0 Å². The highest BCUT2D eigenvalue weighted by atomic mass is 32.1. The molecule has 0 saturated carbocycles. The van der Waals surface area contributed by atoms with Gasteiger partial charge in [0.25, 0.3) is 0 Å². The highest BCUT2D eigenvalue weighted by molar-refractivity contribution is 7.71. The minimum atomic E-state index is 0.655. The van der Waals surface area contributed by atoms with E-state index < -0.39 is 0 Å². The predicted octanol–water partition coefficient (Wildman–Crippen LogP) is 4.09. The minimum absolute atomic E-state index is 0.655. The molecule has 19 heavy (non-hydrogen) atoms. The minimum Gasteiger partial charge on any atom is -0.494 e. The number of aromatic nitrogens is 2. The Balaban J connectivity index is 2.21. The molecule has 0 unspecified atom stereocenters. The summed E-state index contributed by atoms with van der Waals surface area (Å²) in [4.78, 5) is 3.21. The summed E-state index contributed by atoms with van der Waals surface area (Å²) in [7, 11) is 0. The average molecular weight is 270 g/mol. The van der Waals surface area contributed by atoms with E-state index in [2.05, 4.69) is 11.1 Å². The highest BCUT2D eigenvalue weighted by Gasteiger charge is 2.06. The summed E-state index contributed by atoms with van der Waals surface area (Å²) in [6.07, 6.45) is 0. The van der Waals surface area contributed by atoms with E-state index in [1.165, 1.54) is 0 Å². The van der Waals surface area contributed by atoms with Crippen molar-refractivity contribution in [3.05, 3.63) is 53.3 Å². The van der Waals surface area contributed by atoms with Gasteiger partial charge in [-0.25, -0.2) is 0 Å². The van der Waals surface area contributed by atoms with E-state index in [1.54, 1.807) is 0 Å². The van der Waals surface area contributed by atoms with Crippen LogP contribution in [-0.2, 0) is 0 Å². The number of fused-ring (bicyclic) bond motifs is 1. The van der Waals surface area contributed by atoms with E-state index in [-0.39, 0.29) is 0 Å². The number of aromatic amines is 1. The molecule has 0 atom stereocenters. The maximum absolute atomic E-state index is 5.54. The average Bonchev–Trinajstić information content (AvgIpc) is 2.75. The Morgan fingerprint density at radius 3 is 2.84 bits per heavy atom. The molecule has 0 bridgehead atoms. The number of benzene rings is 2. The van der Waals surface area contributed by atoms with Crippen LogP contribution in [0.3, 0.4) is 0 Å². The van der Waals surface area contributed by atoms with Gasteiger partial charge in [0.15, 0.2) is 4.77 Å². The molecule has 4 heteroatoms. The van der Waals surface area contributed by atoms with Crippen LogP contribution in [0.5, 0.6) is 5.75 Å². The van der Waals surface area contributed by atoms with Crippen LogP contribution in [0.2, 0.25) is 0 Å². The number of hydrogen-bond acceptors (Lipinski definition) is 2. The monoisotopic (exact) mass is 270 g/mol. The van der Waals surface area contributed by atoms with Crippen molar-refractivity contribution in [1.29, 1.82) is 0 Å². The number of rotatable bonds is 3. The summed E-state index contributed by atoms with van der Waals surface area (Å²) in [5, 5.41) is 0. The summed E-state index contributed by atoms with van der Waals surface area (Å²) in [6.45, 7) is 2.63. The molecule has 0 fully saturated rings. The Kier molecular flexibility index (Phi) is 3.09. The quantitative estimate of drug-likeness (QED) is 0.727. The molecule has 1 N–H and O–H groups in total. The summed E-state index contributed by atoms with van der Waals surface area (Å²) in [6, 6.07) is 16.0. The van der Waals surface area contributed by atoms with Gasteiger partial charge in [-0.3, -0.25) is 4.57 Å². The molecule has 0 amide bonds. The van der Waals surface area contributed by atoms with Crippen LogP contribution in [0, 0.1) is 4.77 Å². The van der Waals surface area contributed by atoms with Gasteiger partial charge in [-0.05, 0) is 43.4 Å². The summed E-state index contributed by atoms with van der Waals surface area (Å²) < 4.78 is 8.25. The third-order valence-electron chi connectivity index (χ3n) is 2.98. The number of nitrogens with one attached hydrogen (secondary N) is 1. The zero-order chi connectivity index (χ0) is 13.2. The molecule has 0 saturated heterocycles. The van der Waals surface area contributed by atoms with Crippen LogP contribution in [0.25, 0.3) is 16.7 Å². The second-order valence-electron chi connectivity index (χ2n) is 4.21. The van der Waals surface area contributed by atoms with Crippen LogP contribution >= 0.6 is 12.2 Å². The number of H-pyrrole nitrogens is 1. The molecule has 0 radical (unpaired) electrons. The SMILES string of the molecule is CCOc1cccc(-n2c(=S)[nH]c3ccccc32)c1. The first-order valence-corrected chi connectivity index (χ1v) is 6.63. The van der Waals surface area contributed by atoms with Gasteiger partial charge in [-0.2, -0.15) is 0 Å². The molecule has 96 valence electrons. The van der Waals surface area contributed by atoms with Gasteiger partial charge in [-0.15, -0.1) is 0 Å². The van der Waals surface area contributed by atoms with Crippen molar-refractivity contribution in [1.82, 2.24) is 9.55 Å². The number of ether oxygens (including phenoxy) is 1. The second kappa shape index (κ2) is 4.90. The number of para-hydroxylation sites is 2. The lowest BCUT2D eigenvalue weighted by atomic mass is 10.2. The smallest absolute Gasteiger partial charge is 0.182 e. The Bertz CT molecular complexity index is 773. The highest BCUT2D eigenvalue weighted by Crippen LogP contribution is 2.22. The Morgan fingerprint density at radius 2 is 2.00 bits per heavy atom. The molecule has 0 aliphatic rings. The zero-order valence-corrected chi connectivity index (χ0v) is 11.4. The van der Waals surface area contributed by atoms with E-state index in [1.807, 2.05) is 54.0 Å². The summed E-state index contributed by atoms with van der Waals surface area (Å²) >= 11 is 5.41. The van der Waals surface area contributed by atoms with E-state index >= 15 is 0 Å². The third kappa shape index (κ3) is 2.15. The fraction of sp³-hybridized carbons (Fsp3) is 0.133. The third-order valence-corrected chi connectivity index (χ3v) is 3.26. The molecular formula is C15H14N2OS. The predicted molar refractivity (Wildman–Crippen MR) is 79.6 cm³/mol. The van der Waals surface area contributed by atoms with Crippen molar-refractivity contribution in [2.24, 2.45) is 0 Å². The first kappa shape index (κ1) is 12.0. The van der Waals surface area contributed by atoms with E-state index in [4.69, 9.17) is 17.0 Å². The van der Waals surface area contributed by atoms with Gasteiger partial charge in [0, 0.05) is 6.07 Å². The number of nitrogens with zero attached hydrogens (tertiary/aromatic N) is 1. The maximum atomic E-state index is 5.54. The summed E-state index contributed by atoms with van der Waals surface area (Å²) in [5.41, 5.74) is 3.11. The van der Waals surface area contributed by atoms with Gasteiger partial charge in [-0.1, -0.05) is 18.2 Å². The molecule has 1 aromatic heterocycles. The molecule has 0 aliphatic carbocycles. The molecule has 3 nitrogen and oxygen atoms in total. The van der Waals surface area contributed by atoms with Crippen molar-refractivity contribution >= 4 is 23.3 Å². The van der Waals surface area contributed by atoms with Gasteiger partial charge in [0.05, 0.1) is 23.3 Å². The molecule has 3 aromatic rings. The van der Waals surface area contributed by atoms with Crippen LogP contribution in [0.15, 0.2) is 48.5 Å². The molecular weight excluding hydrogens is 256 g/mol. The van der Waals surface area contributed by atoms with Crippen molar-refractivity contribution in [2.75, 3.05) is 6.61 Å². The largest absolute Gasteiger partial charge is 0.494 e. The fourth-order valence-electron chi connectivity index (χ4n) is 2.19. The molecule has 0 spiro atoms. The van der Waals surface area contributed by atoms with E-state index in [0.29, 0.717) is 11.4 Å². The lowest BCUT2D eigenvalue weighted by Gasteiger charge is -2.07. The van der Waals surface area contributed by atoms with Crippen molar-refractivity contribution in [3.8, 4) is 11.4 Å². The first-order chi connectivity index (χ1) is 9.29. The van der Waals surface area contributed by atoms with Crippen LogP contribution in [0.1, 0.15) is 6.92 Å². The van der Waals surface area contributed by atoms with E-state index in [0.717, 1.165) is 22.5 Å². The lowest BCUT2D eigenvalue weighted by molar-refractivity contribution is 0.340. The standard InChI is InChI=1S/C15H14N2OS/c1-2-18-12-7-5-6-11(10-12)17-14-9-4-3-8-13(14)16-15(17)19/h3-10H,2H2,1H3,(H,16,19). The Hall–Kier alpha value is -2.07. The van der Waals surface area contributed by atoms with Crippen molar-refractivity contribution < 1.29 is 4.74 Å². The van der Waals surface area contributed by atoms with Crippen molar-refractivity contribution in [3.63, 3.8) is 0 Å². The number of hydrogen-bond donors (Lipinski definition) is 1. The molecule has 0 aliphatic heterocycles. The molecule has 2 aromatic carbocycles. The zero-order valence-electron chi connectivity index (χ0n) is 10.6. The Morgan fingerprint density at radius 1 is 1.16 bits per heavy atom. The second-order valence-corrected chi connectivity index (χ2v) is 4.60. The summed E-state index contributed by atoms with van der Waals surface area (Å²) in [5.74, 6) is 0.854. The van der Waals surface area contributed by atoms with Gasteiger partial charge in [0.2, 0.25) is 0 Å². The Labute approximate surface area is 116 Å². The van der Waals surface area contributed by atoms with Gasteiger partial charge in [0.1, 0.15) is 5.75 Å². The van der Waals surface area contributed by atoms with Crippen molar-refractivity contribution in [2.45, 2.75) is 6.92 Å². The normalized spacial score (nSPS) is 10.8. The maximum Gasteiger partial charge on any atom is 0.182 e. The first-order valence-electron chi connectivity index (χ1n) is 6.22. The van der Waals surface area contributed by atoms with Crippen LogP contribution in [-0.4, -0.2) is 16.2 Å².